The van der Waals surface area contributed by atoms with Gasteiger partial charge in [0.15, 0.2) is 0 Å². The summed E-state index contributed by atoms with van der Waals surface area (Å²) in [4.78, 5) is 0. The van der Waals surface area contributed by atoms with E-state index in [1.54, 1.807) is 18.2 Å². The lowest BCUT2D eigenvalue weighted by Gasteiger charge is -1.90. The second-order valence-electron chi connectivity index (χ2n) is 1.73. The van der Waals surface area contributed by atoms with E-state index in [1.807, 2.05) is 6.07 Å². The first-order valence-corrected chi connectivity index (χ1v) is 2.65. The van der Waals surface area contributed by atoms with Crippen LogP contribution in [0.4, 0.5) is 0 Å². The van der Waals surface area contributed by atoms with E-state index < -0.39 is 0 Å². The van der Waals surface area contributed by atoms with E-state index in [0.717, 1.165) is 5.56 Å². The molecule has 1 aromatic rings. The molecular weight excluding hydrogens is 112 g/mol. The van der Waals surface area contributed by atoms with Gasteiger partial charge in [-0.2, -0.15) is 0 Å². The standard InChI is InChI=1S/C8H7O/c1-2-7-4-3-5-8(9)6-7/h3-6,9H,1H2. The van der Waals surface area contributed by atoms with Gasteiger partial charge in [-0.05, 0) is 23.8 Å². The Morgan fingerprint density at radius 2 is 2.22 bits per heavy atom. The lowest BCUT2D eigenvalue weighted by atomic mass is 10.2. The van der Waals surface area contributed by atoms with Gasteiger partial charge in [-0.25, -0.2) is 0 Å². The molecule has 0 bridgehead atoms. The summed E-state index contributed by atoms with van der Waals surface area (Å²) in [5.74, 6) is 0.253. The molecule has 1 heteroatoms. The van der Waals surface area contributed by atoms with Crippen molar-refractivity contribution < 1.29 is 5.11 Å². The summed E-state index contributed by atoms with van der Waals surface area (Å²) in [5, 5.41) is 8.88. The van der Waals surface area contributed by atoms with Crippen molar-refractivity contribution in [2.45, 2.75) is 0 Å². The van der Waals surface area contributed by atoms with E-state index in [-0.39, 0.29) is 5.75 Å². The fourth-order valence-corrected chi connectivity index (χ4v) is 0.616. The predicted molar refractivity (Wildman–Crippen MR) is 36.1 cm³/mol. The molecule has 1 aromatic carbocycles. The Morgan fingerprint density at radius 3 is 2.67 bits per heavy atom. The topological polar surface area (TPSA) is 20.2 Å². The highest BCUT2D eigenvalue weighted by molar-refractivity contribution is 5.30. The molecule has 1 radical (unpaired) electrons. The Morgan fingerprint density at radius 1 is 1.44 bits per heavy atom. The Kier molecular flexibility index (Phi) is 1.54. The zero-order valence-electron chi connectivity index (χ0n) is 4.96. The van der Waals surface area contributed by atoms with Crippen LogP contribution in [0.1, 0.15) is 5.56 Å². The Balaban J connectivity index is 3.07. The number of phenols is 1. The SMILES string of the molecule is C=[C]c1cccc(O)c1. The van der Waals surface area contributed by atoms with Crippen LogP contribution >= 0.6 is 0 Å². The molecular formula is C8H7O. The van der Waals surface area contributed by atoms with Crippen LogP contribution in [0.2, 0.25) is 0 Å². The molecule has 0 saturated carbocycles. The summed E-state index contributed by atoms with van der Waals surface area (Å²) >= 11 is 0. The molecule has 0 heterocycles. The molecule has 1 nitrogen and oxygen atoms in total. The number of hydrogen-bond acceptors (Lipinski definition) is 1. The quantitative estimate of drug-likeness (QED) is 0.596. The first kappa shape index (κ1) is 5.89. The van der Waals surface area contributed by atoms with E-state index in [4.69, 9.17) is 5.11 Å². The molecule has 0 saturated heterocycles. The van der Waals surface area contributed by atoms with Crippen LogP contribution in [-0.2, 0) is 0 Å². The monoisotopic (exact) mass is 119 g/mol. The van der Waals surface area contributed by atoms with Gasteiger partial charge in [0.2, 0.25) is 0 Å². The van der Waals surface area contributed by atoms with Crippen molar-refractivity contribution in [2.75, 3.05) is 0 Å². The summed E-state index contributed by atoms with van der Waals surface area (Å²) in [5.41, 5.74) is 0.815. The van der Waals surface area contributed by atoms with Gasteiger partial charge in [0.25, 0.3) is 0 Å². The van der Waals surface area contributed by atoms with Gasteiger partial charge in [0.1, 0.15) is 5.75 Å². The number of aromatic hydroxyl groups is 1. The molecule has 0 aliphatic carbocycles. The number of hydrogen-bond donors (Lipinski definition) is 1. The molecule has 0 spiro atoms. The van der Waals surface area contributed by atoms with Gasteiger partial charge in [-0.15, -0.1) is 0 Å². The van der Waals surface area contributed by atoms with E-state index in [9.17, 15) is 0 Å². The third kappa shape index (κ3) is 1.32. The molecule has 0 amide bonds. The van der Waals surface area contributed by atoms with Crippen LogP contribution in [0.25, 0.3) is 0 Å². The van der Waals surface area contributed by atoms with Gasteiger partial charge in [-0.1, -0.05) is 18.7 Å². The summed E-state index contributed by atoms with van der Waals surface area (Å²) in [6.07, 6.45) is 2.66. The van der Waals surface area contributed by atoms with Crippen molar-refractivity contribution >= 4 is 0 Å². The van der Waals surface area contributed by atoms with Crippen molar-refractivity contribution in [1.82, 2.24) is 0 Å². The van der Waals surface area contributed by atoms with E-state index in [2.05, 4.69) is 12.7 Å². The fourth-order valence-electron chi connectivity index (χ4n) is 0.616. The minimum Gasteiger partial charge on any atom is -0.508 e. The fraction of sp³-hybridized carbons (Fsp3) is 0. The summed E-state index contributed by atoms with van der Waals surface area (Å²) in [6.45, 7) is 3.44. The maximum Gasteiger partial charge on any atom is 0.116 e. The lowest BCUT2D eigenvalue weighted by molar-refractivity contribution is 0.475. The van der Waals surface area contributed by atoms with E-state index in [1.165, 1.54) is 0 Å². The summed E-state index contributed by atoms with van der Waals surface area (Å²) < 4.78 is 0. The normalized spacial score (nSPS) is 8.89. The Bertz CT molecular complexity index is 216. The first-order valence-electron chi connectivity index (χ1n) is 2.65. The zero-order chi connectivity index (χ0) is 6.69. The average molecular weight is 119 g/mol. The second kappa shape index (κ2) is 2.35. The van der Waals surface area contributed by atoms with Crippen molar-refractivity contribution in [3.63, 3.8) is 0 Å². The summed E-state index contributed by atoms with van der Waals surface area (Å²) in [6, 6.07) is 6.80. The van der Waals surface area contributed by atoms with Crippen LogP contribution in [-0.4, -0.2) is 5.11 Å². The maximum atomic E-state index is 8.88. The predicted octanol–water partition coefficient (Wildman–Crippen LogP) is 1.73. The summed E-state index contributed by atoms with van der Waals surface area (Å²) in [7, 11) is 0. The van der Waals surface area contributed by atoms with Crippen molar-refractivity contribution in [1.29, 1.82) is 0 Å². The number of phenolic OH excluding ortho intramolecular Hbond substituents is 1. The molecule has 0 atom stereocenters. The minimum absolute atomic E-state index is 0.253. The number of rotatable bonds is 1. The van der Waals surface area contributed by atoms with Crippen LogP contribution < -0.4 is 0 Å². The van der Waals surface area contributed by atoms with Gasteiger partial charge < -0.3 is 5.11 Å². The lowest BCUT2D eigenvalue weighted by Crippen LogP contribution is -1.69. The smallest absolute Gasteiger partial charge is 0.116 e. The Labute approximate surface area is 54.3 Å². The van der Waals surface area contributed by atoms with Crippen molar-refractivity contribution in [3.8, 4) is 5.75 Å². The van der Waals surface area contributed by atoms with E-state index >= 15 is 0 Å². The molecule has 9 heavy (non-hydrogen) atoms. The van der Waals surface area contributed by atoms with Crippen LogP contribution in [0.15, 0.2) is 30.8 Å². The molecule has 0 unspecified atom stereocenters. The Hall–Kier alpha value is -1.24. The van der Waals surface area contributed by atoms with Crippen LogP contribution in [0.3, 0.4) is 0 Å². The van der Waals surface area contributed by atoms with Crippen molar-refractivity contribution in [3.05, 3.63) is 42.5 Å². The van der Waals surface area contributed by atoms with Gasteiger partial charge >= 0.3 is 0 Å². The second-order valence-corrected chi connectivity index (χ2v) is 1.73. The first-order chi connectivity index (χ1) is 4.33. The average Bonchev–Trinajstić information content (AvgIpc) is 1.88. The van der Waals surface area contributed by atoms with Crippen LogP contribution in [0.5, 0.6) is 5.75 Å². The minimum atomic E-state index is 0.253. The van der Waals surface area contributed by atoms with Gasteiger partial charge in [-0.3, -0.25) is 0 Å². The molecule has 0 aliphatic rings. The van der Waals surface area contributed by atoms with E-state index in [0.29, 0.717) is 0 Å². The molecule has 0 aromatic heterocycles. The van der Waals surface area contributed by atoms with Gasteiger partial charge in [0.05, 0.1) is 0 Å². The highest BCUT2D eigenvalue weighted by atomic mass is 16.3. The van der Waals surface area contributed by atoms with Crippen molar-refractivity contribution in [2.24, 2.45) is 0 Å². The molecule has 1 rings (SSSR count). The molecule has 0 fully saturated rings. The maximum absolute atomic E-state index is 8.88. The number of benzene rings is 1. The molecule has 45 valence electrons. The zero-order valence-corrected chi connectivity index (χ0v) is 4.96. The third-order valence-electron chi connectivity index (χ3n) is 1.05. The molecule has 1 N–H and O–H groups in total. The van der Waals surface area contributed by atoms with Crippen LogP contribution in [0, 0.1) is 6.08 Å². The van der Waals surface area contributed by atoms with Gasteiger partial charge in [0, 0.05) is 0 Å². The largest absolute Gasteiger partial charge is 0.508 e. The molecule has 0 aliphatic heterocycles. The highest BCUT2D eigenvalue weighted by Gasteiger charge is 1.86. The highest BCUT2D eigenvalue weighted by Crippen LogP contribution is 2.09. The third-order valence-corrected chi connectivity index (χ3v) is 1.05.